The highest BCUT2D eigenvalue weighted by molar-refractivity contribution is 7.84. The maximum atomic E-state index is 12.6. The Labute approximate surface area is 177 Å². The number of carbonyl (C=O) groups excluding carboxylic acids is 2. The Bertz CT molecular complexity index is 683. The molecule has 1 rings (SSSR count). The second kappa shape index (κ2) is 12.9. The summed E-state index contributed by atoms with van der Waals surface area (Å²) in [7, 11) is 0. The maximum absolute atomic E-state index is 12.6. The van der Waals surface area contributed by atoms with E-state index in [1.807, 2.05) is 27.7 Å². The van der Waals surface area contributed by atoms with E-state index in [1.165, 1.54) is 0 Å². The van der Waals surface area contributed by atoms with Gasteiger partial charge in [0, 0.05) is 11.2 Å². The van der Waals surface area contributed by atoms with Crippen LogP contribution in [0.2, 0.25) is 0 Å². The number of halogens is 1. The molecule has 0 aliphatic heterocycles. The minimum Gasteiger partial charge on any atom is -0.466 e. The number of rotatable bonds is 13. The fraction of sp³-hybridized carbons (Fsp3) is 0.600. The topological polar surface area (TPSA) is 90.9 Å². The molecule has 0 amide bonds. The van der Waals surface area contributed by atoms with E-state index < -0.39 is 24.9 Å². The maximum Gasteiger partial charge on any atom is 0.409 e. The standard InChI is InChI=1S/C20H31ClNO6P/c1-15(2)10-12-26-19(23)14-18(20(24)27-13-11-16(3)4)22-29(21,25)28-17-8-6-5-7-9-17/h5-9,15-16,18H,10-14H2,1-4H3,(H,22,25)/t18-,29?/m0/s1. The molecule has 0 spiro atoms. The summed E-state index contributed by atoms with van der Waals surface area (Å²) in [6.07, 6.45) is 0.998. The molecule has 0 saturated carbocycles. The monoisotopic (exact) mass is 447 g/mol. The Morgan fingerprint density at radius 1 is 1.00 bits per heavy atom. The summed E-state index contributed by atoms with van der Waals surface area (Å²) in [5, 5.41) is 2.43. The SMILES string of the molecule is CC(C)CCOC(=O)C[C@H](NP(=O)(Cl)Oc1ccccc1)C(=O)OCCC(C)C. The van der Waals surface area contributed by atoms with Crippen LogP contribution < -0.4 is 9.61 Å². The zero-order valence-corrected chi connectivity index (χ0v) is 19.1. The van der Waals surface area contributed by atoms with Crippen molar-refractivity contribution in [3.63, 3.8) is 0 Å². The smallest absolute Gasteiger partial charge is 0.409 e. The number of carbonyl (C=O) groups is 2. The Hall–Kier alpha value is -1.56. The zero-order chi connectivity index (χ0) is 21.9. The van der Waals surface area contributed by atoms with Crippen LogP contribution in [0.15, 0.2) is 30.3 Å². The largest absolute Gasteiger partial charge is 0.466 e. The molecule has 0 aromatic heterocycles. The Kier molecular flexibility index (Phi) is 11.3. The van der Waals surface area contributed by atoms with Crippen LogP contribution in [0.5, 0.6) is 5.75 Å². The van der Waals surface area contributed by atoms with Gasteiger partial charge in [0.1, 0.15) is 11.8 Å². The predicted octanol–water partition coefficient (Wildman–Crippen LogP) is 4.94. The van der Waals surface area contributed by atoms with Crippen LogP contribution in [-0.4, -0.2) is 31.2 Å². The molecule has 0 radical (unpaired) electrons. The van der Waals surface area contributed by atoms with Crippen molar-refractivity contribution in [1.82, 2.24) is 5.09 Å². The fourth-order valence-electron chi connectivity index (χ4n) is 2.14. The van der Waals surface area contributed by atoms with Crippen LogP contribution >= 0.6 is 18.1 Å². The van der Waals surface area contributed by atoms with Crippen molar-refractivity contribution in [1.29, 1.82) is 0 Å². The van der Waals surface area contributed by atoms with E-state index in [0.717, 1.165) is 0 Å². The number of hydrogen-bond donors (Lipinski definition) is 1. The lowest BCUT2D eigenvalue weighted by molar-refractivity contribution is -0.152. The molecule has 0 saturated heterocycles. The third-order valence-corrected chi connectivity index (χ3v) is 5.39. The highest BCUT2D eigenvalue weighted by Gasteiger charge is 2.33. The summed E-state index contributed by atoms with van der Waals surface area (Å²) in [5.41, 5.74) is 0. The highest BCUT2D eigenvalue weighted by Crippen LogP contribution is 2.48. The van der Waals surface area contributed by atoms with E-state index in [-0.39, 0.29) is 25.4 Å². The van der Waals surface area contributed by atoms with Gasteiger partial charge in [0.15, 0.2) is 0 Å². The average molecular weight is 448 g/mol. The lowest BCUT2D eigenvalue weighted by Gasteiger charge is -2.21. The number of esters is 2. The Morgan fingerprint density at radius 2 is 1.55 bits per heavy atom. The van der Waals surface area contributed by atoms with Gasteiger partial charge in [-0.2, -0.15) is 0 Å². The van der Waals surface area contributed by atoms with Crippen molar-refractivity contribution in [3.05, 3.63) is 30.3 Å². The summed E-state index contributed by atoms with van der Waals surface area (Å²) >= 11 is 5.99. The van der Waals surface area contributed by atoms with Gasteiger partial charge in [0.2, 0.25) is 0 Å². The summed E-state index contributed by atoms with van der Waals surface area (Å²) in [4.78, 5) is 24.6. The van der Waals surface area contributed by atoms with Crippen molar-refractivity contribution in [3.8, 4) is 5.75 Å². The van der Waals surface area contributed by atoms with Crippen LogP contribution in [0.3, 0.4) is 0 Å². The molecular weight excluding hydrogens is 417 g/mol. The van der Waals surface area contributed by atoms with Gasteiger partial charge < -0.3 is 14.0 Å². The predicted molar refractivity (Wildman–Crippen MR) is 113 cm³/mol. The van der Waals surface area contributed by atoms with Gasteiger partial charge in [0.25, 0.3) is 0 Å². The molecule has 0 heterocycles. The van der Waals surface area contributed by atoms with E-state index in [0.29, 0.717) is 24.7 Å². The third kappa shape index (κ3) is 11.9. The van der Waals surface area contributed by atoms with E-state index in [9.17, 15) is 14.2 Å². The molecule has 9 heteroatoms. The lowest BCUT2D eigenvalue weighted by Crippen LogP contribution is -2.38. The molecule has 1 aromatic rings. The molecule has 1 unspecified atom stereocenters. The molecule has 1 aromatic carbocycles. The minimum absolute atomic E-state index is 0.184. The van der Waals surface area contributed by atoms with Crippen molar-refractivity contribution in [2.75, 3.05) is 13.2 Å². The first-order valence-electron chi connectivity index (χ1n) is 9.73. The van der Waals surface area contributed by atoms with Gasteiger partial charge in [-0.1, -0.05) is 45.9 Å². The Morgan fingerprint density at radius 3 is 2.10 bits per heavy atom. The van der Waals surface area contributed by atoms with E-state index >= 15 is 0 Å². The fourth-order valence-corrected chi connectivity index (χ4v) is 3.75. The van der Waals surface area contributed by atoms with Gasteiger partial charge in [-0.25, -0.2) is 9.65 Å². The first kappa shape index (κ1) is 25.5. The van der Waals surface area contributed by atoms with Crippen LogP contribution in [0.4, 0.5) is 0 Å². The van der Waals surface area contributed by atoms with Gasteiger partial charge >= 0.3 is 18.8 Å². The number of nitrogens with one attached hydrogen (secondary N) is 1. The summed E-state index contributed by atoms with van der Waals surface area (Å²) in [6.45, 7) is 4.48. The zero-order valence-electron chi connectivity index (χ0n) is 17.4. The number of hydrogen-bond acceptors (Lipinski definition) is 6. The third-order valence-electron chi connectivity index (χ3n) is 3.83. The van der Waals surface area contributed by atoms with Gasteiger partial charge in [-0.3, -0.25) is 9.59 Å². The lowest BCUT2D eigenvalue weighted by atomic mass is 10.1. The van der Waals surface area contributed by atoms with Crippen molar-refractivity contribution >= 4 is 30.1 Å². The minimum atomic E-state index is -3.96. The molecule has 0 aliphatic carbocycles. The average Bonchev–Trinajstić information content (AvgIpc) is 2.60. The van der Waals surface area contributed by atoms with E-state index in [1.54, 1.807) is 30.3 Å². The van der Waals surface area contributed by atoms with Crippen LogP contribution in [0.25, 0.3) is 0 Å². The normalized spacial score (nSPS) is 14.3. The molecule has 2 atom stereocenters. The molecule has 1 N–H and O–H groups in total. The van der Waals surface area contributed by atoms with E-state index in [4.69, 9.17) is 25.2 Å². The van der Waals surface area contributed by atoms with Gasteiger partial charge in [-0.15, -0.1) is 0 Å². The van der Waals surface area contributed by atoms with Crippen molar-refractivity contribution < 1.29 is 28.2 Å². The Balaban J connectivity index is 2.75. The molecule has 0 fully saturated rings. The molecule has 0 aliphatic rings. The van der Waals surface area contributed by atoms with Crippen LogP contribution in [0.1, 0.15) is 47.0 Å². The molecule has 0 bridgehead atoms. The molecular formula is C20H31ClNO6P. The van der Waals surface area contributed by atoms with Crippen LogP contribution in [0, 0.1) is 11.8 Å². The number of para-hydroxylation sites is 1. The van der Waals surface area contributed by atoms with Crippen molar-refractivity contribution in [2.24, 2.45) is 11.8 Å². The quantitative estimate of drug-likeness (QED) is 0.338. The molecule has 164 valence electrons. The van der Waals surface area contributed by atoms with Crippen molar-refractivity contribution in [2.45, 2.75) is 53.0 Å². The summed E-state index contributed by atoms with van der Waals surface area (Å²) < 4.78 is 28.3. The van der Waals surface area contributed by atoms with Crippen LogP contribution in [-0.2, 0) is 23.6 Å². The first-order chi connectivity index (χ1) is 13.6. The van der Waals surface area contributed by atoms with Gasteiger partial charge in [0.05, 0.1) is 19.6 Å². The van der Waals surface area contributed by atoms with Gasteiger partial charge in [-0.05, 0) is 36.8 Å². The highest BCUT2D eigenvalue weighted by atomic mass is 35.7. The second-order valence-corrected chi connectivity index (χ2v) is 10.3. The summed E-state index contributed by atoms with van der Waals surface area (Å²) in [5.74, 6) is -0.357. The molecule has 7 nitrogen and oxygen atoms in total. The van der Waals surface area contributed by atoms with E-state index in [2.05, 4.69) is 5.09 Å². The first-order valence-corrected chi connectivity index (χ1v) is 12.3. The number of benzene rings is 1. The number of ether oxygens (including phenoxy) is 2. The molecule has 29 heavy (non-hydrogen) atoms. The summed E-state index contributed by atoms with van der Waals surface area (Å²) in [6, 6.07) is 7.05. The second-order valence-electron chi connectivity index (χ2n) is 7.52.